The summed E-state index contributed by atoms with van der Waals surface area (Å²) in [5, 5.41) is 3.47. The fourth-order valence-electron chi connectivity index (χ4n) is 5.08. The number of sulfonamides is 1. The normalized spacial score (nSPS) is 12.5. The molecule has 0 saturated heterocycles. The first-order chi connectivity index (χ1) is 23.1. The summed E-state index contributed by atoms with van der Waals surface area (Å²) in [6.45, 7) is 5.60. The lowest BCUT2D eigenvalue weighted by atomic mass is 10.0. The second kappa shape index (κ2) is 17.4. The average molecular weight is 708 g/mol. The topological polar surface area (TPSA) is 96.0 Å². The van der Waals surface area contributed by atoms with Crippen LogP contribution in [0.1, 0.15) is 38.3 Å². The second-order valence-electron chi connectivity index (χ2n) is 11.3. The van der Waals surface area contributed by atoms with Crippen LogP contribution in [0.15, 0.2) is 113 Å². The van der Waals surface area contributed by atoms with E-state index in [2.05, 4.69) is 5.32 Å². The Morgan fingerprint density at radius 1 is 0.896 bits per heavy atom. The first kappa shape index (κ1) is 36.8. The zero-order valence-corrected chi connectivity index (χ0v) is 30.0. The van der Waals surface area contributed by atoms with Gasteiger partial charge in [0.05, 0.1) is 17.2 Å². The summed E-state index contributed by atoms with van der Waals surface area (Å²) >= 11 is 8.08. The molecular formula is C37H42ClN3O5S2. The Kier molecular flexibility index (Phi) is 13.4. The Balaban J connectivity index is 1.82. The van der Waals surface area contributed by atoms with Crippen LogP contribution < -0.4 is 14.4 Å². The number of rotatable bonds is 16. The number of carbonyl (C=O) groups is 2. The van der Waals surface area contributed by atoms with E-state index in [0.29, 0.717) is 29.4 Å². The summed E-state index contributed by atoms with van der Waals surface area (Å²) in [4.78, 5) is 31.0. The van der Waals surface area contributed by atoms with E-state index in [1.807, 2.05) is 63.4 Å². The van der Waals surface area contributed by atoms with Crippen LogP contribution in [0.5, 0.6) is 5.75 Å². The van der Waals surface area contributed by atoms with Crippen molar-refractivity contribution >= 4 is 50.9 Å². The van der Waals surface area contributed by atoms with Crippen molar-refractivity contribution in [1.29, 1.82) is 0 Å². The van der Waals surface area contributed by atoms with E-state index < -0.39 is 28.5 Å². The van der Waals surface area contributed by atoms with Crippen molar-refractivity contribution in [3.63, 3.8) is 0 Å². The summed E-state index contributed by atoms with van der Waals surface area (Å²) in [6.07, 6.45) is 2.82. The fraction of sp³-hybridized carbons (Fsp3) is 0.297. The van der Waals surface area contributed by atoms with Crippen LogP contribution in [0.4, 0.5) is 5.69 Å². The lowest BCUT2D eigenvalue weighted by Gasteiger charge is -2.34. The van der Waals surface area contributed by atoms with Gasteiger partial charge in [-0.05, 0) is 92.2 Å². The van der Waals surface area contributed by atoms with Gasteiger partial charge in [-0.25, -0.2) is 8.42 Å². The smallest absolute Gasteiger partial charge is 0.264 e. The molecular weight excluding hydrogens is 666 g/mol. The predicted octanol–water partition coefficient (Wildman–Crippen LogP) is 7.21. The molecule has 0 heterocycles. The molecule has 4 aromatic rings. The van der Waals surface area contributed by atoms with Crippen molar-refractivity contribution in [3.8, 4) is 5.75 Å². The van der Waals surface area contributed by atoms with Crippen LogP contribution in [-0.2, 0) is 32.6 Å². The molecule has 4 aromatic carbocycles. The molecule has 8 nitrogen and oxygen atoms in total. The minimum Gasteiger partial charge on any atom is -0.494 e. The van der Waals surface area contributed by atoms with Gasteiger partial charge in [-0.2, -0.15) is 0 Å². The lowest BCUT2D eigenvalue weighted by molar-refractivity contribution is -0.140. The number of amides is 2. The monoisotopic (exact) mass is 707 g/mol. The van der Waals surface area contributed by atoms with E-state index in [1.165, 1.54) is 28.8 Å². The molecule has 2 amide bonds. The molecule has 254 valence electrons. The number of anilines is 1. The highest BCUT2D eigenvalue weighted by molar-refractivity contribution is 7.98. The van der Waals surface area contributed by atoms with Gasteiger partial charge >= 0.3 is 0 Å². The third-order valence-corrected chi connectivity index (χ3v) is 10.8. The Hall–Kier alpha value is -3.99. The third kappa shape index (κ3) is 9.55. The van der Waals surface area contributed by atoms with Gasteiger partial charge in [0.2, 0.25) is 11.8 Å². The average Bonchev–Trinajstić information content (AvgIpc) is 3.10. The van der Waals surface area contributed by atoms with E-state index in [1.54, 1.807) is 54.6 Å². The van der Waals surface area contributed by atoms with E-state index in [9.17, 15) is 18.0 Å². The quantitative estimate of drug-likeness (QED) is 0.124. The summed E-state index contributed by atoms with van der Waals surface area (Å²) in [7, 11) is -4.23. The highest BCUT2D eigenvalue weighted by Crippen LogP contribution is 2.29. The lowest BCUT2D eigenvalue weighted by Crippen LogP contribution is -2.54. The van der Waals surface area contributed by atoms with Gasteiger partial charge in [0.1, 0.15) is 18.3 Å². The highest BCUT2D eigenvalue weighted by Gasteiger charge is 2.35. The van der Waals surface area contributed by atoms with Gasteiger partial charge < -0.3 is 15.0 Å². The van der Waals surface area contributed by atoms with Crippen molar-refractivity contribution in [2.75, 3.05) is 23.7 Å². The summed E-state index contributed by atoms with van der Waals surface area (Å²) in [5.41, 5.74) is 1.76. The summed E-state index contributed by atoms with van der Waals surface area (Å²) in [5.74, 6) is -0.329. The Morgan fingerprint density at radius 2 is 1.54 bits per heavy atom. The van der Waals surface area contributed by atoms with Crippen LogP contribution in [-0.4, -0.2) is 56.6 Å². The molecule has 0 aliphatic carbocycles. The minimum atomic E-state index is -4.23. The number of hydrogen-bond donors (Lipinski definition) is 1. The molecule has 0 aliphatic heterocycles. The standard InChI is InChI=1S/C37H42ClN3O5S2/c1-5-27(3)39-37(43)35(24-28-12-8-7-9-13-28)40(25-29-14-10-11-15-34(29)38)36(42)26-41(30-16-18-31(19-17-30)46-6-2)48(44,45)33-22-20-32(47-4)21-23-33/h7-23,27,35H,5-6,24-26H2,1-4H3,(H,39,43)/t27-,35+/m1/s1. The predicted molar refractivity (Wildman–Crippen MR) is 194 cm³/mol. The molecule has 0 spiro atoms. The van der Waals surface area contributed by atoms with Gasteiger partial charge in [0, 0.05) is 28.9 Å². The van der Waals surface area contributed by atoms with Crippen molar-refractivity contribution in [1.82, 2.24) is 10.2 Å². The summed E-state index contributed by atoms with van der Waals surface area (Å²) < 4.78 is 35.3. The minimum absolute atomic E-state index is 0.0104. The number of hydrogen-bond acceptors (Lipinski definition) is 6. The molecule has 0 aliphatic rings. The first-order valence-corrected chi connectivity index (χ1v) is 18.9. The Morgan fingerprint density at radius 3 is 2.15 bits per heavy atom. The van der Waals surface area contributed by atoms with E-state index in [0.717, 1.165) is 14.8 Å². The second-order valence-corrected chi connectivity index (χ2v) is 14.4. The van der Waals surface area contributed by atoms with Crippen molar-refractivity contribution < 1.29 is 22.7 Å². The molecule has 0 radical (unpaired) electrons. The van der Waals surface area contributed by atoms with E-state index >= 15 is 0 Å². The number of carbonyl (C=O) groups excluding carboxylic acids is 2. The van der Waals surface area contributed by atoms with E-state index in [4.69, 9.17) is 16.3 Å². The zero-order valence-electron chi connectivity index (χ0n) is 27.6. The van der Waals surface area contributed by atoms with Gasteiger partial charge in [-0.3, -0.25) is 13.9 Å². The molecule has 1 N–H and O–H groups in total. The van der Waals surface area contributed by atoms with Crippen LogP contribution >= 0.6 is 23.4 Å². The van der Waals surface area contributed by atoms with Crippen molar-refractivity contribution in [2.24, 2.45) is 0 Å². The highest BCUT2D eigenvalue weighted by atomic mass is 35.5. The molecule has 0 unspecified atom stereocenters. The molecule has 0 saturated carbocycles. The first-order valence-electron chi connectivity index (χ1n) is 15.8. The van der Waals surface area contributed by atoms with Crippen LogP contribution in [0, 0.1) is 0 Å². The number of nitrogens with zero attached hydrogens (tertiary/aromatic N) is 2. The largest absolute Gasteiger partial charge is 0.494 e. The summed E-state index contributed by atoms with van der Waals surface area (Å²) in [6, 6.07) is 28.5. The molecule has 2 atom stereocenters. The van der Waals surface area contributed by atoms with Crippen LogP contribution in [0.2, 0.25) is 5.02 Å². The number of benzene rings is 4. The number of ether oxygens (including phenoxy) is 1. The van der Waals surface area contributed by atoms with Crippen LogP contribution in [0.3, 0.4) is 0 Å². The Bertz CT molecular complexity index is 1750. The number of thioether (sulfide) groups is 1. The molecule has 0 fully saturated rings. The van der Waals surface area contributed by atoms with E-state index in [-0.39, 0.29) is 35.5 Å². The number of nitrogens with one attached hydrogen (secondary N) is 1. The maximum atomic E-state index is 14.7. The van der Waals surface area contributed by atoms with Crippen molar-refractivity contribution in [2.45, 2.75) is 62.0 Å². The SMILES string of the molecule is CCOc1ccc(N(CC(=O)N(Cc2ccccc2Cl)[C@@H](Cc2ccccc2)C(=O)N[C@H](C)CC)S(=O)(=O)c2ccc(SC)cc2)cc1. The van der Waals surface area contributed by atoms with Gasteiger partial charge in [-0.1, -0.05) is 67.1 Å². The van der Waals surface area contributed by atoms with Crippen LogP contribution in [0.25, 0.3) is 0 Å². The maximum Gasteiger partial charge on any atom is 0.264 e. The molecule has 0 bridgehead atoms. The maximum absolute atomic E-state index is 14.7. The Labute approximate surface area is 293 Å². The molecule has 0 aromatic heterocycles. The number of halogens is 1. The third-order valence-electron chi connectivity index (χ3n) is 7.93. The molecule has 11 heteroatoms. The van der Waals surface area contributed by atoms with Crippen molar-refractivity contribution in [3.05, 3.63) is 119 Å². The molecule has 48 heavy (non-hydrogen) atoms. The van der Waals surface area contributed by atoms with Gasteiger partial charge in [0.25, 0.3) is 10.0 Å². The van der Waals surface area contributed by atoms with Gasteiger partial charge in [0.15, 0.2) is 0 Å². The fourth-order valence-corrected chi connectivity index (χ4v) is 7.10. The van der Waals surface area contributed by atoms with Gasteiger partial charge in [-0.15, -0.1) is 11.8 Å². The molecule has 4 rings (SSSR count). The zero-order chi connectivity index (χ0) is 34.7.